The summed E-state index contributed by atoms with van der Waals surface area (Å²) in [6, 6.07) is 18.3. The topological polar surface area (TPSA) is 67.3 Å². The Hall–Kier alpha value is -2.96. The normalized spacial score (nSPS) is 18.7. The van der Waals surface area contributed by atoms with E-state index in [1.54, 1.807) is 17.5 Å². The molecule has 0 aliphatic heterocycles. The number of benzene rings is 2. The van der Waals surface area contributed by atoms with Gasteiger partial charge < -0.3 is 15.2 Å². The summed E-state index contributed by atoms with van der Waals surface area (Å²) in [6.45, 7) is 0.469. The first-order valence-electron chi connectivity index (χ1n) is 10.7. The van der Waals surface area contributed by atoms with Crippen LogP contribution in [0.1, 0.15) is 31.2 Å². The van der Waals surface area contributed by atoms with E-state index in [-0.39, 0.29) is 12.1 Å². The van der Waals surface area contributed by atoms with Gasteiger partial charge in [0.15, 0.2) is 5.13 Å². The maximum absolute atomic E-state index is 10.2. The van der Waals surface area contributed by atoms with E-state index in [1.807, 2.05) is 48.7 Å². The van der Waals surface area contributed by atoms with Crippen LogP contribution in [0.3, 0.4) is 0 Å². The van der Waals surface area contributed by atoms with Gasteiger partial charge >= 0.3 is 0 Å². The summed E-state index contributed by atoms with van der Waals surface area (Å²) in [5.41, 5.74) is 4.26. The summed E-state index contributed by atoms with van der Waals surface area (Å²) in [5, 5.41) is 14.5. The molecule has 2 aromatic heterocycles. The molecule has 1 aliphatic rings. The highest BCUT2D eigenvalue weighted by molar-refractivity contribution is 7.22. The zero-order valence-corrected chi connectivity index (χ0v) is 18.0. The molecule has 0 amide bonds. The van der Waals surface area contributed by atoms with Crippen LogP contribution in [-0.2, 0) is 6.61 Å². The second kappa shape index (κ2) is 9.04. The Balaban J connectivity index is 1.31. The molecule has 0 saturated heterocycles. The number of aromatic nitrogens is 2. The molecule has 1 unspecified atom stereocenters. The molecule has 0 spiro atoms. The molecule has 2 heterocycles. The average molecular weight is 432 g/mol. The van der Waals surface area contributed by atoms with Crippen LogP contribution >= 0.6 is 11.3 Å². The molecule has 1 fully saturated rings. The number of pyridine rings is 1. The van der Waals surface area contributed by atoms with Gasteiger partial charge in [0.25, 0.3) is 0 Å². The first-order chi connectivity index (χ1) is 15.3. The summed E-state index contributed by atoms with van der Waals surface area (Å²) >= 11 is 1.61. The molecule has 5 rings (SSSR count). The summed E-state index contributed by atoms with van der Waals surface area (Å²) in [5.74, 6) is 0.816. The van der Waals surface area contributed by atoms with E-state index >= 15 is 0 Å². The number of rotatable bonds is 6. The standard InChI is InChI=1S/C25H25N3O2S/c29-23-9-5-4-8-21(23)27-25-28-22-11-10-19(14-24(22)31-25)30-16-18-12-13-26-15-20(18)17-6-2-1-3-7-17/h1-3,6-7,10-15,21,23,29H,4-5,8-9,16H2,(H,27,28)/t21?,23-/m1/s1. The highest BCUT2D eigenvalue weighted by Gasteiger charge is 2.23. The van der Waals surface area contributed by atoms with Gasteiger partial charge in [0.1, 0.15) is 12.4 Å². The molecule has 0 bridgehead atoms. The van der Waals surface area contributed by atoms with Crippen molar-refractivity contribution in [2.24, 2.45) is 0 Å². The van der Waals surface area contributed by atoms with Gasteiger partial charge in [-0.3, -0.25) is 4.98 Å². The number of aliphatic hydroxyl groups excluding tert-OH is 1. The lowest BCUT2D eigenvalue weighted by molar-refractivity contribution is 0.116. The Morgan fingerprint density at radius 2 is 1.94 bits per heavy atom. The smallest absolute Gasteiger partial charge is 0.184 e. The monoisotopic (exact) mass is 431 g/mol. The van der Waals surface area contributed by atoms with Gasteiger partial charge in [-0.1, -0.05) is 54.5 Å². The number of hydrogen-bond acceptors (Lipinski definition) is 6. The first-order valence-corrected chi connectivity index (χ1v) is 11.5. The van der Waals surface area contributed by atoms with Gasteiger partial charge in [-0.15, -0.1) is 0 Å². The van der Waals surface area contributed by atoms with Crippen LogP contribution in [-0.4, -0.2) is 27.2 Å². The molecule has 1 saturated carbocycles. The number of aliphatic hydroxyl groups is 1. The Bertz CT molecular complexity index is 1160. The molecule has 2 atom stereocenters. The molecule has 2 aromatic carbocycles. The Labute approximate surface area is 185 Å². The van der Waals surface area contributed by atoms with Gasteiger partial charge in [-0.05, 0) is 42.7 Å². The molecular formula is C25H25N3O2S. The predicted molar refractivity (Wildman–Crippen MR) is 126 cm³/mol. The van der Waals surface area contributed by atoms with Crippen molar-refractivity contribution in [2.75, 3.05) is 5.32 Å². The van der Waals surface area contributed by atoms with E-state index in [0.717, 1.165) is 63.5 Å². The van der Waals surface area contributed by atoms with E-state index in [1.165, 1.54) is 0 Å². The zero-order chi connectivity index (χ0) is 21.0. The van der Waals surface area contributed by atoms with E-state index in [4.69, 9.17) is 4.74 Å². The van der Waals surface area contributed by atoms with E-state index < -0.39 is 0 Å². The lowest BCUT2D eigenvalue weighted by Gasteiger charge is -2.27. The molecular weight excluding hydrogens is 406 g/mol. The minimum atomic E-state index is -0.293. The van der Waals surface area contributed by atoms with Gasteiger partial charge in [0, 0.05) is 23.5 Å². The quantitative estimate of drug-likeness (QED) is 0.413. The maximum atomic E-state index is 10.2. The number of thiazole rings is 1. The summed E-state index contributed by atoms with van der Waals surface area (Å²) in [4.78, 5) is 8.97. The lowest BCUT2D eigenvalue weighted by Crippen LogP contribution is -2.36. The van der Waals surface area contributed by atoms with Crippen molar-refractivity contribution in [1.29, 1.82) is 0 Å². The molecule has 0 radical (unpaired) electrons. The fourth-order valence-corrected chi connectivity index (χ4v) is 5.04. The van der Waals surface area contributed by atoms with Crippen LogP contribution < -0.4 is 10.1 Å². The van der Waals surface area contributed by atoms with Gasteiger partial charge in [0.05, 0.1) is 22.4 Å². The largest absolute Gasteiger partial charge is 0.489 e. The SMILES string of the molecule is O[C@@H]1CCCCC1Nc1nc2ccc(OCc3ccncc3-c3ccccc3)cc2s1. The van der Waals surface area contributed by atoms with Crippen LogP contribution in [0, 0.1) is 0 Å². The number of hydrogen-bond donors (Lipinski definition) is 2. The fourth-order valence-electron chi connectivity index (χ4n) is 4.08. The third kappa shape index (κ3) is 4.55. The second-order valence-electron chi connectivity index (χ2n) is 7.94. The van der Waals surface area contributed by atoms with Crippen molar-refractivity contribution in [3.05, 3.63) is 72.6 Å². The van der Waals surface area contributed by atoms with Crippen molar-refractivity contribution >= 4 is 26.7 Å². The number of anilines is 1. The van der Waals surface area contributed by atoms with Crippen LogP contribution in [0.5, 0.6) is 5.75 Å². The number of fused-ring (bicyclic) bond motifs is 1. The van der Waals surface area contributed by atoms with Crippen molar-refractivity contribution in [1.82, 2.24) is 9.97 Å². The molecule has 31 heavy (non-hydrogen) atoms. The molecule has 5 nitrogen and oxygen atoms in total. The van der Waals surface area contributed by atoms with Gasteiger partial charge in [0.2, 0.25) is 0 Å². The summed E-state index contributed by atoms with van der Waals surface area (Å²) < 4.78 is 7.20. The van der Waals surface area contributed by atoms with Crippen molar-refractivity contribution < 1.29 is 9.84 Å². The van der Waals surface area contributed by atoms with Crippen molar-refractivity contribution in [3.63, 3.8) is 0 Å². The number of nitrogens with zero attached hydrogens (tertiary/aromatic N) is 2. The Kier molecular flexibility index (Phi) is 5.82. The van der Waals surface area contributed by atoms with Gasteiger partial charge in [-0.2, -0.15) is 0 Å². The summed E-state index contributed by atoms with van der Waals surface area (Å²) in [7, 11) is 0. The van der Waals surface area contributed by atoms with Crippen molar-refractivity contribution in [3.8, 4) is 16.9 Å². The van der Waals surface area contributed by atoms with E-state index in [0.29, 0.717) is 6.61 Å². The predicted octanol–water partition coefficient (Wildman–Crippen LogP) is 5.65. The third-order valence-corrected chi connectivity index (χ3v) is 6.74. The minimum Gasteiger partial charge on any atom is -0.489 e. The number of ether oxygens (including phenoxy) is 1. The average Bonchev–Trinajstić information content (AvgIpc) is 3.21. The van der Waals surface area contributed by atoms with Crippen LogP contribution in [0.2, 0.25) is 0 Å². The van der Waals surface area contributed by atoms with Crippen LogP contribution in [0.4, 0.5) is 5.13 Å². The summed E-state index contributed by atoms with van der Waals surface area (Å²) in [6.07, 6.45) is 7.49. The van der Waals surface area contributed by atoms with E-state index in [9.17, 15) is 5.11 Å². The molecule has 4 aromatic rings. The number of nitrogens with one attached hydrogen (secondary N) is 1. The second-order valence-corrected chi connectivity index (χ2v) is 8.97. The minimum absolute atomic E-state index is 0.0909. The molecule has 158 valence electrons. The van der Waals surface area contributed by atoms with Crippen molar-refractivity contribution in [2.45, 2.75) is 44.4 Å². The maximum Gasteiger partial charge on any atom is 0.184 e. The van der Waals surface area contributed by atoms with Gasteiger partial charge in [-0.25, -0.2) is 4.98 Å². The Morgan fingerprint density at radius 1 is 1.06 bits per heavy atom. The molecule has 2 N–H and O–H groups in total. The molecule has 1 aliphatic carbocycles. The molecule has 6 heteroatoms. The third-order valence-electron chi connectivity index (χ3n) is 5.79. The van der Waals surface area contributed by atoms with Crippen LogP contribution in [0.25, 0.3) is 21.3 Å². The fraction of sp³-hybridized carbons (Fsp3) is 0.280. The lowest BCUT2D eigenvalue weighted by atomic mass is 9.93. The van der Waals surface area contributed by atoms with Crippen LogP contribution in [0.15, 0.2) is 67.0 Å². The highest BCUT2D eigenvalue weighted by atomic mass is 32.1. The highest BCUT2D eigenvalue weighted by Crippen LogP contribution is 2.32. The van der Waals surface area contributed by atoms with E-state index in [2.05, 4.69) is 27.4 Å². The zero-order valence-electron chi connectivity index (χ0n) is 17.2. The first kappa shape index (κ1) is 20.0. The Morgan fingerprint density at radius 3 is 2.81 bits per heavy atom.